The monoisotopic (exact) mass is 415 g/mol. The summed E-state index contributed by atoms with van der Waals surface area (Å²) in [6.45, 7) is 6.09. The number of amides is 1. The molecule has 28 heavy (non-hydrogen) atoms. The summed E-state index contributed by atoms with van der Waals surface area (Å²) in [6.07, 6.45) is 0. The van der Waals surface area contributed by atoms with E-state index >= 15 is 0 Å². The molecule has 1 aromatic heterocycles. The van der Waals surface area contributed by atoms with E-state index in [4.69, 9.17) is 11.6 Å². The van der Waals surface area contributed by atoms with Crippen molar-refractivity contribution in [3.05, 3.63) is 63.9 Å². The molecule has 0 unspecified atom stereocenters. The number of rotatable bonds is 6. The molecule has 5 nitrogen and oxygen atoms in total. The summed E-state index contributed by atoms with van der Waals surface area (Å²) in [6, 6.07) is 14.3. The molecule has 0 spiro atoms. The van der Waals surface area contributed by atoms with Gasteiger partial charge in [0.25, 0.3) is 5.56 Å². The van der Waals surface area contributed by atoms with Gasteiger partial charge < -0.3 is 5.32 Å². The van der Waals surface area contributed by atoms with Gasteiger partial charge in [-0.05, 0) is 43.2 Å². The van der Waals surface area contributed by atoms with Gasteiger partial charge >= 0.3 is 0 Å². The van der Waals surface area contributed by atoms with Gasteiger partial charge in [-0.2, -0.15) is 0 Å². The number of hydrogen-bond donors (Lipinski definition) is 1. The van der Waals surface area contributed by atoms with Gasteiger partial charge in [0.1, 0.15) is 0 Å². The van der Waals surface area contributed by atoms with Crippen LogP contribution >= 0.6 is 23.4 Å². The second-order valence-corrected chi connectivity index (χ2v) is 8.30. The topological polar surface area (TPSA) is 64.0 Å². The molecule has 0 aliphatic rings. The molecule has 3 rings (SSSR count). The quantitative estimate of drug-likeness (QED) is 0.481. The Morgan fingerprint density at radius 1 is 1.18 bits per heavy atom. The number of nitrogens with zero attached hydrogens (tertiary/aromatic N) is 2. The zero-order chi connectivity index (χ0) is 20.3. The lowest BCUT2D eigenvalue weighted by Gasteiger charge is -2.18. The number of carbonyl (C=O) groups excluding carboxylic acids is 1. The minimum atomic E-state index is -0.189. The van der Waals surface area contributed by atoms with Crippen molar-refractivity contribution in [2.45, 2.75) is 32.0 Å². The van der Waals surface area contributed by atoms with Crippen molar-refractivity contribution in [2.75, 3.05) is 5.75 Å². The smallest absolute Gasteiger partial charge is 0.266 e. The number of para-hydroxylation sites is 1. The second-order valence-electron chi connectivity index (χ2n) is 6.92. The van der Waals surface area contributed by atoms with Gasteiger partial charge in [0.2, 0.25) is 5.91 Å². The molecule has 3 aromatic rings. The van der Waals surface area contributed by atoms with Gasteiger partial charge in [0, 0.05) is 11.1 Å². The van der Waals surface area contributed by atoms with Crippen molar-refractivity contribution in [1.29, 1.82) is 0 Å². The Morgan fingerprint density at radius 2 is 1.93 bits per heavy atom. The van der Waals surface area contributed by atoms with Crippen molar-refractivity contribution in [3.63, 3.8) is 0 Å². The number of benzene rings is 2. The number of hydrogen-bond acceptors (Lipinski definition) is 4. The highest BCUT2D eigenvalue weighted by Gasteiger charge is 2.16. The van der Waals surface area contributed by atoms with Crippen molar-refractivity contribution < 1.29 is 4.79 Å². The van der Waals surface area contributed by atoms with Crippen LogP contribution in [0.4, 0.5) is 0 Å². The van der Waals surface area contributed by atoms with E-state index < -0.39 is 0 Å². The molecular weight excluding hydrogens is 394 g/mol. The molecule has 2 aromatic carbocycles. The summed E-state index contributed by atoms with van der Waals surface area (Å²) in [4.78, 5) is 30.1. The minimum absolute atomic E-state index is 0.0767. The van der Waals surface area contributed by atoms with Crippen molar-refractivity contribution in [1.82, 2.24) is 14.9 Å². The van der Waals surface area contributed by atoms with Crippen LogP contribution in [0.25, 0.3) is 16.6 Å². The molecule has 0 bridgehead atoms. The van der Waals surface area contributed by atoms with Crippen LogP contribution in [0, 0.1) is 5.92 Å². The lowest BCUT2D eigenvalue weighted by atomic mass is 10.1. The third kappa shape index (κ3) is 4.56. The standard InChI is InChI=1S/C21H22ClN3O2S/c1-13(2)14(3)23-19(26)12-28-21-24-18-10-5-4-9-17(18)20(27)25(21)16-8-6-7-15(22)11-16/h4-11,13-14H,12H2,1-3H3,(H,23,26)/t14-/m0/s1. The number of nitrogens with one attached hydrogen (secondary N) is 1. The molecule has 0 saturated heterocycles. The zero-order valence-electron chi connectivity index (χ0n) is 16.0. The first-order valence-electron chi connectivity index (χ1n) is 9.06. The van der Waals surface area contributed by atoms with E-state index in [1.165, 1.54) is 16.3 Å². The summed E-state index contributed by atoms with van der Waals surface area (Å²) in [5.41, 5.74) is 1.03. The van der Waals surface area contributed by atoms with Crippen LogP contribution in [0.3, 0.4) is 0 Å². The largest absolute Gasteiger partial charge is 0.353 e. The van der Waals surface area contributed by atoms with Gasteiger partial charge in [0.05, 0.1) is 22.3 Å². The predicted molar refractivity (Wildman–Crippen MR) is 116 cm³/mol. The molecule has 0 aliphatic carbocycles. The Balaban J connectivity index is 2.00. The average molecular weight is 416 g/mol. The first-order chi connectivity index (χ1) is 13.4. The van der Waals surface area contributed by atoms with Gasteiger partial charge in [-0.25, -0.2) is 4.98 Å². The average Bonchev–Trinajstić information content (AvgIpc) is 2.66. The van der Waals surface area contributed by atoms with E-state index in [1.54, 1.807) is 42.5 Å². The second kappa shape index (κ2) is 8.80. The van der Waals surface area contributed by atoms with Gasteiger partial charge in [-0.15, -0.1) is 0 Å². The molecule has 0 radical (unpaired) electrons. The Hall–Kier alpha value is -2.31. The van der Waals surface area contributed by atoms with Crippen LogP contribution in [-0.2, 0) is 4.79 Å². The normalized spacial score (nSPS) is 12.3. The highest BCUT2D eigenvalue weighted by molar-refractivity contribution is 7.99. The number of aromatic nitrogens is 2. The van der Waals surface area contributed by atoms with Crippen LogP contribution in [0.15, 0.2) is 58.5 Å². The number of fused-ring (bicyclic) bond motifs is 1. The molecule has 0 saturated carbocycles. The number of thioether (sulfide) groups is 1. The fraction of sp³-hybridized carbons (Fsp3) is 0.286. The van der Waals surface area contributed by atoms with Crippen LogP contribution in [0.1, 0.15) is 20.8 Å². The zero-order valence-corrected chi connectivity index (χ0v) is 17.6. The van der Waals surface area contributed by atoms with E-state index in [9.17, 15) is 9.59 Å². The summed E-state index contributed by atoms with van der Waals surface area (Å²) < 4.78 is 1.51. The van der Waals surface area contributed by atoms with Gasteiger partial charge in [0.15, 0.2) is 5.16 Å². The molecular formula is C21H22ClN3O2S. The molecule has 1 N–H and O–H groups in total. The molecule has 7 heteroatoms. The maximum absolute atomic E-state index is 13.1. The summed E-state index contributed by atoms with van der Waals surface area (Å²) in [5, 5.41) is 4.47. The van der Waals surface area contributed by atoms with E-state index in [1.807, 2.05) is 13.0 Å². The highest BCUT2D eigenvalue weighted by atomic mass is 35.5. The van der Waals surface area contributed by atoms with Crippen LogP contribution in [0.2, 0.25) is 5.02 Å². The fourth-order valence-electron chi connectivity index (χ4n) is 2.64. The van der Waals surface area contributed by atoms with Crippen LogP contribution < -0.4 is 10.9 Å². The van der Waals surface area contributed by atoms with E-state index in [2.05, 4.69) is 24.1 Å². The minimum Gasteiger partial charge on any atom is -0.353 e. The molecule has 146 valence electrons. The molecule has 1 heterocycles. The Bertz CT molecular complexity index is 1060. The van der Waals surface area contributed by atoms with Crippen LogP contribution in [-0.4, -0.2) is 27.3 Å². The maximum atomic E-state index is 13.1. The Morgan fingerprint density at radius 3 is 2.64 bits per heavy atom. The van der Waals surface area contributed by atoms with Gasteiger partial charge in [-0.3, -0.25) is 14.2 Å². The van der Waals surface area contributed by atoms with E-state index in [0.717, 1.165) is 0 Å². The number of carbonyl (C=O) groups is 1. The van der Waals surface area contributed by atoms with E-state index in [0.29, 0.717) is 32.7 Å². The lowest BCUT2D eigenvalue weighted by Crippen LogP contribution is -2.37. The molecule has 1 amide bonds. The fourth-order valence-corrected chi connectivity index (χ4v) is 3.65. The van der Waals surface area contributed by atoms with Gasteiger partial charge in [-0.1, -0.05) is 55.4 Å². The Kier molecular flexibility index (Phi) is 6.42. The Labute approximate surface area is 173 Å². The summed E-state index contributed by atoms with van der Waals surface area (Å²) in [7, 11) is 0. The summed E-state index contributed by atoms with van der Waals surface area (Å²) in [5.74, 6) is 0.422. The lowest BCUT2D eigenvalue weighted by molar-refractivity contribution is -0.119. The van der Waals surface area contributed by atoms with Crippen molar-refractivity contribution >= 4 is 40.2 Å². The third-order valence-corrected chi connectivity index (χ3v) is 5.71. The molecule has 0 fully saturated rings. The van der Waals surface area contributed by atoms with Crippen molar-refractivity contribution in [3.8, 4) is 5.69 Å². The van der Waals surface area contributed by atoms with E-state index in [-0.39, 0.29) is 23.3 Å². The predicted octanol–water partition coefficient (Wildman–Crippen LogP) is 4.29. The third-order valence-electron chi connectivity index (χ3n) is 4.53. The molecule has 0 aliphatic heterocycles. The maximum Gasteiger partial charge on any atom is 0.266 e. The molecule has 1 atom stereocenters. The first-order valence-corrected chi connectivity index (χ1v) is 10.4. The van der Waals surface area contributed by atoms with Crippen LogP contribution in [0.5, 0.6) is 0 Å². The summed E-state index contributed by atoms with van der Waals surface area (Å²) >= 11 is 7.36. The highest BCUT2D eigenvalue weighted by Crippen LogP contribution is 2.23. The number of halogens is 1. The van der Waals surface area contributed by atoms with Crippen molar-refractivity contribution in [2.24, 2.45) is 5.92 Å². The SMILES string of the molecule is CC(C)[C@H](C)NC(=O)CSc1nc2ccccc2c(=O)n1-c1cccc(Cl)c1. The first kappa shape index (κ1) is 20.4.